The third kappa shape index (κ3) is 2.77. The van der Waals surface area contributed by atoms with Crippen LogP contribution < -0.4 is 0 Å². The molecule has 0 saturated heterocycles. The van der Waals surface area contributed by atoms with E-state index in [0.717, 1.165) is 5.39 Å². The molecule has 4 nitrogen and oxygen atoms in total. The number of sulfonamides is 1. The number of hydrogen-bond acceptors (Lipinski definition) is 3. The molecule has 21 heavy (non-hydrogen) atoms. The molecule has 0 aliphatic heterocycles. The van der Waals surface area contributed by atoms with Crippen LogP contribution >= 0.6 is 15.9 Å². The van der Waals surface area contributed by atoms with Crippen LogP contribution in [0.25, 0.3) is 15.6 Å². The normalized spacial score (nSPS) is 11.5. The summed E-state index contributed by atoms with van der Waals surface area (Å²) in [6.45, 7) is 0. The fourth-order valence-electron chi connectivity index (χ4n) is 1.99. The molecule has 0 spiro atoms. The molecule has 106 valence electrons. The van der Waals surface area contributed by atoms with Gasteiger partial charge in [0.1, 0.15) is 10.0 Å². The molecular formula is C15H10BrN2O2S-. The Labute approximate surface area is 131 Å². The Balaban J connectivity index is 2.11. The van der Waals surface area contributed by atoms with Gasteiger partial charge in [0.2, 0.25) is 0 Å². The largest absolute Gasteiger partial charge is 0.572 e. The van der Waals surface area contributed by atoms with Crippen molar-refractivity contribution in [1.29, 1.82) is 0 Å². The third-order valence-corrected chi connectivity index (χ3v) is 4.94. The Hall–Kier alpha value is -1.92. The summed E-state index contributed by atoms with van der Waals surface area (Å²) in [5.74, 6) is 0. The van der Waals surface area contributed by atoms with E-state index in [2.05, 4.69) is 25.6 Å². The van der Waals surface area contributed by atoms with E-state index in [1.54, 1.807) is 42.6 Å². The minimum atomic E-state index is -3.83. The maximum Gasteiger partial charge on any atom is 0.125 e. The number of para-hydroxylation sites is 1. The van der Waals surface area contributed by atoms with Crippen molar-refractivity contribution in [2.75, 3.05) is 0 Å². The summed E-state index contributed by atoms with van der Waals surface area (Å²) in [4.78, 5) is 4.27. The molecule has 0 unspecified atom stereocenters. The molecular weight excluding hydrogens is 352 g/mol. The second kappa shape index (κ2) is 5.46. The molecule has 0 radical (unpaired) electrons. The molecule has 0 bridgehead atoms. The van der Waals surface area contributed by atoms with Crippen LogP contribution in [-0.2, 0) is 10.0 Å². The molecule has 1 heterocycles. The number of nitrogens with zero attached hydrogens (tertiary/aromatic N) is 2. The molecule has 6 heteroatoms. The number of hydrogen-bond donors (Lipinski definition) is 0. The zero-order valence-electron chi connectivity index (χ0n) is 10.8. The van der Waals surface area contributed by atoms with E-state index >= 15 is 0 Å². The molecule has 3 rings (SSSR count). The first-order valence-corrected chi connectivity index (χ1v) is 8.37. The van der Waals surface area contributed by atoms with Gasteiger partial charge in [-0.2, -0.15) is 0 Å². The predicted molar refractivity (Wildman–Crippen MR) is 86.1 cm³/mol. The number of aromatic nitrogens is 1. The number of fused-ring (bicyclic) bond motifs is 1. The minimum absolute atomic E-state index is 0.108. The Morgan fingerprint density at radius 2 is 1.71 bits per heavy atom. The summed E-state index contributed by atoms with van der Waals surface area (Å²) < 4.78 is 29.6. The molecule has 3 aromatic rings. The highest BCUT2D eigenvalue weighted by Crippen LogP contribution is 2.35. The van der Waals surface area contributed by atoms with Crippen molar-refractivity contribution in [3.05, 3.63) is 70.0 Å². The molecule has 0 fully saturated rings. The first-order chi connectivity index (χ1) is 10.1. The van der Waals surface area contributed by atoms with Crippen molar-refractivity contribution in [2.45, 2.75) is 4.90 Å². The van der Waals surface area contributed by atoms with Crippen LogP contribution in [0.5, 0.6) is 0 Å². The second-order valence-electron chi connectivity index (χ2n) is 4.35. The standard InChI is InChI=1S/C15H10BrN2O2S/c16-12-7-1-2-8-13(12)18-21(19,20)14-9-3-5-11-6-4-10-17-15(11)14/h1-10H/q-1. The van der Waals surface area contributed by atoms with Crippen LogP contribution in [0.2, 0.25) is 0 Å². The van der Waals surface area contributed by atoms with Gasteiger partial charge in [-0.1, -0.05) is 52.3 Å². The molecule has 0 amide bonds. The highest BCUT2D eigenvalue weighted by atomic mass is 79.9. The SMILES string of the molecule is O=S(=O)([N-]c1ccccc1Br)c1cccc2cccnc12. The van der Waals surface area contributed by atoms with E-state index in [-0.39, 0.29) is 4.90 Å². The van der Waals surface area contributed by atoms with Gasteiger partial charge in [0.25, 0.3) is 0 Å². The summed E-state index contributed by atoms with van der Waals surface area (Å²) in [6, 6.07) is 15.5. The van der Waals surface area contributed by atoms with Crippen LogP contribution in [0.4, 0.5) is 5.69 Å². The smallest absolute Gasteiger partial charge is 0.125 e. The zero-order valence-corrected chi connectivity index (χ0v) is 13.2. The van der Waals surface area contributed by atoms with Crippen molar-refractivity contribution in [1.82, 2.24) is 4.98 Å². The summed E-state index contributed by atoms with van der Waals surface area (Å²) >= 11 is 3.30. The van der Waals surface area contributed by atoms with Crippen LogP contribution in [0.1, 0.15) is 0 Å². The van der Waals surface area contributed by atoms with Gasteiger partial charge < -0.3 is 4.72 Å². The Morgan fingerprint density at radius 3 is 2.52 bits per heavy atom. The molecule has 0 atom stereocenters. The van der Waals surface area contributed by atoms with Crippen LogP contribution in [0, 0.1) is 0 Å². The van der Waals surface area contributed by atoms with Crippen molar-refractivity contribution in [2.24, 2.45) is 0 Å². The number of pyridine rings is 1. The van der Waals surface area contributed by atoms with Gasteiger partial charge in [-0.25, -0.2) is 8.42 Å². The van der Waals surface area contributed by atoms with Crippen molar-refractivity contribution < 1.29 is 8.42 Å². The molecule has 0 aliphatic rings. The summed E-state index contributed by atoms with van der Waals surface area (Å²) in [5.41, 5.74) is 0.793. The fraction of sp³-hybridized carbons (Fsp3) is 0. The van der Waals surface area contributed by atoms with Gasteiger partial charge in [0, 0.05) is 16.1 Å². The maximum absolute atomic E-state index is 12.5. The highest BCUT2D eigenvalue weighted by Gasteiger charge is 2.11. The van der Waals surface area contributed by atoms with Crippen LogP contribution in [-0.4, -0.2) is 13.4 Å². The maximum atomic E-state index is 12.5. The summed E-state index contributed by atoms with van der Waals surface area (Å²) in [5, 5.41) is 0.765. The lowest BCUT2D eigenvalue weighted by Gasteiger charge is -2.23. The van der Waals surface area contributed by atoms with Crippen LogP contribution in [0.15, 0.2) is 70.2 Å². The molecule has 2 aromatic carbocycles. The first kappa shape index (κ1) is 14.0. The van der Waals surface area contributed by atoms with E-state index < -0.39 is 10.0 Å². The van der Waals surface area contributed by atoms with Crippen molar-refractivity contribution in [3.8, 4) is 0 Å². The predicted octanol–water partition coefficient (Wildman–Crippen LogP) is 4.39. The number of rotatable bonds is 3. The number of halogens is 1. The van der Waals surface area contributed by atoms with Gasteiger partial charge in [0.15, 0.2) is 0 Å². The second-order valence-corrected chi connectivity index (χ2v) is 6.78. The van der Waals surface area contributed by atoms with Crippen molar-refractivity contribution >= 4 is 42.5 Å². The average molecular weight is 362 g/mol. The zero-order chi connectivity index (χ0) is 14.9. The van der Waals surface area contributed by atoms with E-state index in [0.29, 0.717) is 15.7 Å². The Morgan fingerprint density at radius 1 is 0.952 bits per heavy atom. The van der Waals surface area contributed by atoms with Gasteiger partial charge in [-0.05, 0) is 18.2 Å². The van der Waals surface area contributed by atoms with E-state index in [1.807, 2.05) is 12.1 Å². The molecule has 0 N–H and O–H groups in total. The topological polar surface area (TPSA) is 61.1 Å². The van der Waals surface area contributed by atoms with Gasteiger partial charge in [0.05, 0.1) is 10.4 Å². The third-order valence-electron chi connectivity index (χ3n) is 2.94. The van der Waals surface area contributed by atoms with E-state index in [4.69, 9.17) is 0 Å². The molecule has 1 aromatic heterocycles. The lowest BCUT2D eigenvalue weighted by atomic mass is 10.2. The lowest BCUT2D eigenvalue weighted by Crippen LogP contribution is -2.00. The van der Waals surface area contributed by atoms with Gasteiger partial charge in [-0.15, -0.1) is 5.69 Å². The summed E-state index contributed by atoms with van der Waals surface area (Å²) in [7, 11) is -3.83. The Bertz CT molecular complexity index is 905. The summed E-state index contributed by atoms with van der Waals surface area (Å²) in [6.07, 6.45) is 1.57. The average Bonchev–Trinajstić information content (AvgIpc) is 2.49. The Kier molecular flexibility index (Phi) is 3.65. The first-order valence-electron chi connectivity index (χ1n) is 6.14. The highest BCUT2D eigenvalue weighted by molar-refractivity contribution is 9.10. The quantitative estimate of drug-likeness (QED) is 0.694. The van der Waals surface area contributed by atoms with Gasteiger partial charge in [-0.3, -0.25) is 4.98 Å². The number of benzene rings is 2. The molecule has 0 aliphatic carbocycles. The lowest BCUT2D eigenvalue weighted by molar-refractivity contribution is 0.604. The van der Waals surface area contributed by atoms with E-state index in [9.17, 15) is 8.42 Å². The fourth-order valence-corrected chi connectivity index (χ4v) is 3.66. The van der Waals surface area contributed by atoms with Crippen molar-refractivity contribution in [3.63, 3.8) is 0 Å². The van der Waals surface area contributed by atoms with Crippen LogP contribution in [0.3, 0.4) is 0 Å². The van der Waals surface area contributed by atoms with E-state index in [1.165, 1.54) is 6.07 Å². The van der Waals surface area contributed by atoms with Gasteiger partial charge >= 0.3 is 0 Å². The molecule has 0 saturated carbocycles. The monoisotopic (exact) mass is 361 g/mol. The minimum Gasteiger partial charge on any atom is -0.572 e.